The fourth-order valence-corrected chi connectivity index (χ4v) is 4.90. The van der Waals surface area contributed by atoms with Gasteiger partial charge in [0.15, 0.2) is 36.7 Å². The zero-order chi connectivity index (χ0) is 23.0. The normalized spacial score (nSPS) is 19.8. The van der Waals surface area contributed by atoms with Crippen molar-refractivity contribution in [2.75, 3.05) is 5.75 Å². The summed E-state index contributed by atoms with van der Waals surface area (Å²) in [6.45, 7) is 0.230. The summed E-state index contributed by atoms with van der Waals surface area (Å²) in [5, 5.41) is 30.7. The minimum absolute atomic E-state index is 0.0530. The Bertz CT molecular complexity index is 1160. The molecule has 1 unspecified atom stereocenters. The second-order valence-corrected chi connectivity index (χ2v) is 8.35. The number of aromatic hydroxyl groups is 2. The molecule has 1 aromatic heterocycles. The highest BCUT2D eigenvalue weighted by Crippen LogP contribution is 2.40. The molecular formula is C21H18N3O7S+. The molecule has 0 radical (unpaired) electrons. The van der Waals surface area contributed by atoms with Crippen LogP contribution >= 0.6 is 11.8 Å². The largest absolute Gasteiger partial charge is 0.504 e. The molecular weight excluding hydrogens is 438 g/mol. The minimum Gasteiger partial charge on any atom is -0.504 e. The summed E-state index contributed by atoms with van der Waals surface area (Å²) in [6.07, 6.45) is 4.02. The third kappa shape index (κ3) is 3.78. The molecule has 2 amide bonds. The number of β-lactam (4-membered cyclic amide) rings is 1. The number of benzene rings is 1. The first-order valence-corrected chi connectivity index (χ1v) is 10.5. The molecule has 1 fully saturated rings. The molecule has 0 spiro atoms. The molecule has 1 aromatic carbocycles. The number of aliphatic carboxylic acids is 1. The Morgan fingerprint density at radius 3 is 2.53 bits per heavy atom. The van der Waals surface area contributed by atoms with Crippen LogP contribution in [-0.4, -0.2) is 61.5 Å². The second-order valence-electron chi connectivity index (χ2n) is 7.24. The number of nitrogens with zero attached hydrogens (tertiary/aromatic N) is 2. The van der Waals surface area contributed by atoms with Crippen molar-refractivity contribution in [3.8, 4) is 11.5 Å². The standard InChI is InChI=1S/C21H17N3O7S/c25-9-11-3-5-23(6-4-11)8-13-10-32-20-16(19(29)24(20)17(13)21(30)31)22-18(28)12-1-2-14(26)15(27)7-12/h1-7,9,16,20H,8,10H2,(H3,22,25,28,30,31)/p+1/t16?,20-/m0/s1. The topological polar surface area (TPSA) is 148 Å². The predicted octanol–water partition coefficient (Wildman–Crippen LogP) is 0.250. The molecule has 1 saturated heterocycles. The molecule has 11 heteroatoms. The number of carboxylic acid groups (broad SMARTS) is 1. The van der Waals surface area contributed by atoms with E-state index in [1.165, 1.54) is 22.7 Å². The van der Waals surface area contributed by atoms with Gasteiger partial charge in [-0.05, 0) is 18.2 Å². The van der Waals surface area contributed by atoms with Crippen molar-refractivity contribution < 1.29 is 39.1 Å². The van der Waals surface area contributed by atoms with Crippen LogP contribution in [-0.2, 0) is 16.1 Å². The number of fused-ring (bicyclic) bond motifs is 1. The molecule has 2 aliphatic heterocycles. The highest BCUT2D eigenvalue weighted by Gasteiger charge is 2.54. The van der Waals surface area contributed by atoms with E-state index in [0.29, 0.717) is 23.2 Å². The van der Waals surface area contributed by atoms with Gasteiger partial charge in [0.25, 0.3) is 11.8 Å². The number of amides is 2. The number of hydrogen-bond acceptors (Lipinski definition) is 7. The number of thioether (sulfide) groups is 1. The van der Waals surface area contributed by atoms with Crippen molar-refractivity contribution >= 4 is 35.8 Å². The monoisotopic (exact) mass is 456 g/mol. The SMILES string of the molecule is O=Cc1cc[n+](CC2=C(C(=O)O)N3C(=O)C(NC(=O)c4ccc(O)c(O)c4)[C@@H]3SC2)cc1. The van der Waals surface area contributed by atoms with Crippen LogP contribution in [0.15, 0.2) is 54.0 Å². The fourth-order valence-electron chi connectivity index (χ4n) is 3.57. The molecule has 164 valence electrons. The number of carboxylic acids is 1. The lowest BCUT2D eigenvalue weighted by Crippen LogP contribution is -2.70. The molecule has 3 heterocycles. The van der Waals surface area contributed by atoms with Crippen molar-refractivity contribution in [1.29, 1.82) is 0 Å². The van der Waals surface area contributed by atoms with E-state index in [2.05, 4.69) is 5.32 Å². The van der Waals surface area contributed by atoms with Gasteiger partial charge in [-0.15, -0.1) is 11.8 Å². The fraction of sp³-hybridized carbons (Fsp3) is 0.190. The lowest BCUT2D eigenvalue weighted by atomic mass is 10.0. The van der Waals surface area contributed by atoms with Crippen LogP contribution in [0.25, 0.3) is 0 Å². The summed E-state index contributed by atoms with van der Waals surface area (Å²) in [7, 11) is 0. The lowest BCUT2D eigenvalue weighted by Gasteiger charge is -2.49. The minimum atomic E-state index is -1.24. The first-order chi connectivity index (χ1) is 15.3. The Kier molecular flexibility index (Phi) is 5.57. The number of pyridine rings is 1. The van der Waals surface area contributed by atoms with E-state index in [0.717, 1.165) is 12.1 Å². The van der Waals surface area contributed by atoms with Crippen LogP contribution in [0.5, 0.6) is 11.5 Å². The lowest BCUT2D eigenvalue weighted by molar-refractivity contribution is -0.689. The van der Waals surface area contributed by atoms with E-state index in [-0.39, 0.29) is 23.6 Å². The average Bonchev–Trinajstić information content (AvgIpc) is 2.79. The van der Waals surface area contributed by atoms with E-state index >= 15 is 0 Å². The van der Waals surface area contributed by atoms with Crippen LogP contribution in [0.3, 0.4) is 0 Å². The van der Waals surface area contributed by atoms with Gasteiger partial charge in [-0.25, -0.2) is 9.36 Å². The van der Waals surface area contributed by atoms with Gasteiger partial charge in [0, 0.05) is 34.6 Å². The molecule has 32 heavy (non-hydrogen) atoms. The highest BCUT2D eigenvalue weighted by atomic mass is 32.2. The zero-order valence-corrected chi connectivity index (χ0v) is 17.3. The van der Waals surface area contributed by atoms with Gasteiger partial charge < -0.3 is 20.6 Å². The maximum Gasteiger partial charge on any atom is 0.352 e. The van der Waals surface area contributed by atoms with Gasteiger partial charge in [-0.1, -0.05) is 0 Å². The Morgan fingerprint density at radius 1 is 1.19 bits per heavy atom. The Hall–Kier alpha value is -3.86. The van der Waals surface area contributed by atoms with E-state index in [9.17, 15) is 34.5 Å². The molecule has 4 N–H and O–H groups in total. The third-order valence-corrected chi connectivity index (χ3v) is 6.54. The number of nitrogens with one attached hydrogen (secondary N) is 1. The molecule has 0 saturated carbocycles. The summed E-state index contributed by atoms with van der Waals surface area (Å²) in [5.74, 6) is -2.92. The van der Waals surface area contributed by atoms with Crippen LogP contribution in [0.1, 0.15) is 20.7 Å². The van der Waals surface area contributed by atoms with E-state index < -0.39 is 34.9 Å². The Morgan fingerprint density at radius 2 is 1.91 bits per heavy atom. The summed E-state index contributed by atoms with van der Waals surface area (Å²) in [6, 6.07) is 5.83. The Balaban J connectivity index is 1.52. The van der Waals surface area contributed by atoms with Gasteiger partial charge in [0.1, 0.15) is 17.1 Å². The predicted molar refractivity (Wildman–Crippen MR) is 111 cm³/mol. The number of hydrogen-bond donors (Lipinski definition) is 4. The zero-order valence-electron chi connectivity index (χ0n) is 16.5. The molecule has 4 rings (SSSR count). The summed E-state index contributed by atoms with van der Waals surface area (Å²) in [4.78, 5) is 49.1. The van der Waals surface area contributed by atoms with Crippen molar-refractivity contribution in [3.05, 3.63) is 65.1 Å². The van der Waals surface area contributed by atoms with Crippen LogP contribution in [0.4, 0.5) is 0 Å². The van der Waals surface area contributed by atoms with Crippen molar-refractivity contribution in [1.82, 2.24) is 10.2 Å². The molecule has 2 aliphatic rings. The second kappa shape index (κ2) is 8.35. The number of phenolic OH excluding ortho intramolecular Hbond substituents is 2. The number of aromatic nitrogens is 1. The summed E-state index contributed by atoms with van der Waals surface area (Å²) >= 11 is 1.33. The van der Waals surface area contributed by atoms with Gasteiger partial charge in [0.2, 0.25) is 0 Å². The number of carbonyl (C=O) groups is 4. The molecule has 0 aliphatic carbocycles. The van der Waals surface area contributed by atoms with Crippen LogP contribution in [0.2, 0.25) is 0 Å². The van der Waals surface area contributed by atoms with Gasteiger partial charge in [0.05, 0.1) is 0 Å². The summed E-state index contributed by atoms with van der Waals surface area (Å²) in [5.41, 5.74) is 0.963. The summed E-state index contributed by atoms with van der Waals surface area (Å²) < 4.78 is 1.72. The van der Waals surface area contributed by atoms with E-state index in [1.807, 2.05) is 0 Å². The van der Waals surface area contributed by atoms with E-state index in [4.69, 9.17) is 0 Å². The average molecular weight is 456 g/mol. The maximum atomic E-state index is 12.7. The van der Waals surface area contributed by atoms with Gasteiger partial charge in [-0.2, -0.15) is 0 Å². The quantitative estimate of drug-likeness (QED) is 0.209. The highest BCUT2D eigenvalue weighted by molar-refractivity contribution is 8.00. The van der Waals surface area contributed by atoms with Crippen LogP contribution < -0.4 is 9.88 Å². The molecule has 10 nitrogen and oxygen atoms in total. The van der Waals surface area contributed by atoms with Gasteiger partial charge in [-0.3, -0.25) is 19.3 Å². The number of carbonyl (C=O) groups excluding carboxylic acids is 3. The smallest absolute Gasteiger partial charge is 0.352 e. The van der Waals surface area contributed by atoms with Crippen LogP contribution in [0, 0.1) is 0 Å². The van der Waals surface area contributed by atoms with Gasteiger partial charge >= 0.3 is 5.97 Å². The first-order valence-electron chi connectivity index (χ1n) is 9.47. The Labute approximate surface area is 185 Å². The van der Waals surface area contributed by atoms with E-state index in [1.54, 1.807) is 29.1 Å². The molecule has 2 aromatic rings. The first kappa shape index (κ1) is 21.4. The van der Waals surface area contributed by atoms with Crippen molar-refractivity contribution in [2.24, 2.45) is 0 Å². The number of aldehydes is 1. The maximum absolute atomic E-state index is 12.7. The van der Waals surface area contributed by atoms with Crippen molar-refractivity contribution in [2.45, 2.75) is 18.0 Å². The number of phenols is 2. The third-order valence-electron chi connectivity index (χ3n) is 5.20. The molecule has 2 atom stereocenters. The number of rotatable bonds is 6. The van der Waals surface area contributed by atoms with Crippen molar-refractivity contribution in [3.63, 3.8) is 0 Å². The molecule has 0 bridgehead atoms.